The van der Waals surface area contributed by atoms with Crippen LogP contribution in [0.3, 0.4) is 0 Å². The quantitative estimate of drug-likeness (QED) is 0.251. The zero-order valence-electron chi connectivity index (χ0n) is 20.7. The summed E-state index contributed by atoms with van der Waals surface area (Å²) < 4.78 is 4.53. The second kappa shape index (κ2) is 9.41. The predicted octanol–water partition coefficient (Wildman–Crippen LogP) is 5.15. The van der Waals surface area contributed by atoms with Gasteiger partial charge < -0.3 is 19.7 Å². The van der Waals surface area contributed by atoms with Gasteiger partial charge in [0.15, 0.2) is 3.42 Å². The van der Waals surface area contributed by atoms with Crippen LogP contribution in [0.15, 0.2) is 48.5 Å². The number of carbonyl (C=O) groups is 1. The first-order chi connectivity index (χ1) is 16.8. The number of hydrogen-bond donors (Lipinski definition) is 2. The Bertz CT molecular complexity index is 1230. The van der Waals surface area contributed by atoms with Crippen LogP contribution >= 0.6 is 22.6 Å². The smallest absolute Gasteiger partial charge is 0.327 e. The zero-order chi connectivity index (χ0) is 24.8. The summed E-state index contributed by atoms with van der Waals surface area (Å²) in [6, 6.07) is 16.8. The molecule has 186 valence electrons. The van der Waals surface area contributed by atoms with Gasteiger partial charge in [-0.2, -0.15) is 0 Å². The van der Waals surface area contributed by atoms with Crippen LogP contribution in [-0.2, 0) is 19.4 Å². The summed E-state index contributed by atoms with van der Waals surface area (Å²) in [7, 11) is 3.55. The molecule has 1 aromatic heterocycles. The standard InChI is InChI=1S/C28H34IN3O3/c1-4-27(34)15-19-16-28(29,26(33)35-3)25-22(12-13-32(17-19)18-27)23-14-21(10-11-24(23)30-25)31(2)20-8-6-5-7-9-20/h5-11,14,19,30,34H,4,12-13,15-18H2,1-3H3/t19-,27+,28+/m1/s1. The number of aliphatic hydroxyl groups is 1. The molecule has 1 fully saturated rings. The fourth-order valence-corrected chi connectivity index (χ4v) is 7.34. The van der Waals surface area contributed by atoms with Crippen LogP contribution in [0.1, 0.15) is 37.4 Å². The van der Waals surface area contributed by atoms with Crippen molar-refractivity contribution in [2.75, 3.05) is 38.7 Å². The molecule has 3 heterocycles. The molecule has 5 rings (SSSR count). The van der Waals surface area contributed by atoms with Gasteiger partial charge in [-0.3, -0.25) is 9.69 Å². The largest absolute Gasteiger partial charge is 0.468 e. The van der Waals surface area contributed by atoms with Gasteiger partial charge in [-0.15, -0.1) is 0 Å². The molecule has 0 aliphatic carbocycles. The Morgan fingerprint density at radius 3 is 2.71 bits per heavy atom. The third-order valence-electron chi connectivity index (χ3n) is 7.93. The van der Waals surface area contributed by atoms with Crippen molar-refractivity contribution >= 4 is 50.8 Å². The lowest BCUT2D eigenvalue weighted by molar-refractivity contribution is -0.144. The van der Waals surface area contributed by atoms with Crippen LogP contribution < -0.4 is 4.90 Å². The average Bonchev–Trinajstić information content (AvgIpc) is 3.25. The van der Waals surface area contributed by atoms with Crippen LogP contribution in [-0.4, -0.2) is 60.4 Å². The molecule has 3 aromatic rings. The molecule has 0 saturated carbocycles. The number of nitrogens with zero attached hydrogens (tertiary/aromatic N) is 2. The summed E-state index contributed by atoms with van der Waals surface area (Å²) in [5, 5.41) is 12.4. The highest BCUT2D eigenvalue weighted by atomic mass is 127. The van der Waals surface area contributed by atoms with E-state index in [2.05, 4.69) is 81.7 Å². The maximum atomic E-state index is 13.3. The highest BCUT2D eigenvalue weighted by Gasteiger charge is 2.48. The number of carbonyl (C=O) groups excluding carboxylic acids is 1. The molecule has 2 N–H and O–H groups in total. The molecule has 2 aliphatic heterocycles. The van der Waals surface area contributed by atoms with Crippen LogP contribution in [0.4, 0.5) is 11.4 Å². The van der Waals surface area contributed by atoms with Gasteiger partial charge in [0.1, 0.15) is 0 Å². The van der Waals surface area contributed by atoms with E-state index in [1.165, 1.54) is 12.7 Å². The molecule has 6 nitrogen and oxygen atoms in total. The number of piperidine rings is 1. The number of H-pyrrole nitrogens is 1. The number of methoxy groups -OCH3 is 1. The Morgan fingerprint density at radius 1 is 1.23 bits per heavy atom. The lowest BCUT2D eigenvalue weighted by atomic mass is 9.79. The Balaban J connectivity index is 1.62. The highest BCUT2D eigenvalue weighted by Crippen LogP contribution is 2.47. The summed E-state index contributed by atoms with van der Waals surface area (Å²) in [5.41, 5.74) is 4.68. The molecule has 0 spiro atoms. The number of aromatic amines is 1. The van der Waals surface area contributed by atoms with E-state index >= 15 is 0 Å². The van der Waals surface area contributed by atoms with Gasteiger partial charge in [-0.05, 0) is 67.5 Å². The first-order valence-electron chi connectivity index (χ1n) is 12.4. The highest BCUT2D eigenvalue weighted by molar-refractivity contribution is 14.1. The Kier molecular flexibility index (Phi) is 6.61. The van der Waals surface area contributed by atoms with Crippen molar-refractivity contribution in [1.29, 1.82) is 0 Å². The van der Waals surface area contributed by atoms with Crippen molar-refractivity contribution < 1.29 is 14.6 Å². The number of hydrogen-bond acceptors (Lipinski definition) is 5. The van der Waals surface area contributed by atoms with Gasteiger partial charge in [0.05, 0.1) is 12.7 Å². The second-order valence-electron chi connectivity index (χ2n) is 10.2. The van der Waals surface area contributed by atoms with Crippen molar-refractivity contribution in [1.82, 2.24) is 9.88 Å². The maximum absolute atomic E-state index is 13.3. The second-order valence-corrected chi connectivity index (χ2v) is 12.1. The number of aromatic nitrogens is 1. The number of rotatable bonds is 4. The summed E-state index contributed by atoms with van der Waals surface area (Å²) in [6.45, 7) is 4.49. The molecule has 4 atom stereocenters. The molecule has 2 bridgehead atoms. The fraction of sp³-hybridized carbons (Fsp3) is 0.464. The average molecular weight is 588 g/mol. The summed E-state index contributed by atoms with van der Waals surface area (Å²) in [6.07, 6.45) is 2.87. The van der Waals surface area contributed by atoms with E-state index in [1.54, 1.807) is 0 Å². The Labute approximate surface area is 220 Å². The minimum Gasteiger partial charge on any atom is -0.468 e. The number of anilines is 2. The molecule has 2 aromatic carbocycles. The van der Waals surface area contributed by atoms with E-state index in [-0.39, 0.29) is 11.9 Å². The maximum Gasteiger partial charge on any atom is 0.327 e. The molecule has 2 aliphatic rings. The third-order valence-corrected chi connectivity index (χ3v) is 9.35. The summed E-state index contributed by atoms with van der Waals surface area (Å²) in [4.78, 5) is 21.5. The lowest BCUT2D eigenvalue weighted by Gasteiger charge is -2.44. The zero-order valence-corrected chi connectivity index (χ0v) is 22.8. The lowest BCUT2D eigenvalue weighted by Crippen LogP contribution is -2.52. The van der Waals surface area contributed by atoms with Crippen molar-refractivity contribution in [2.45, 2.75) is 41.6 Å². The van der Waals surface area contributed by atoms with Crippen LogP contribution in [0.5, 0.6) is 0 Å². The molecule has 1 unspecified atom stereocenters. The van der Waals surface area contributed by atoms with Gasteiger partial charge in [-0.25, -0.2) is 0 Å². The first-order valence-corrected chi connectivity index (χ1v) is 13.5. The van der Waals surface area contributed by atoms with E-state index in [4.69, 9.17) is 4.74 Å². The van der Waals surface area contributed by atoms with Gasteiger partial charge in [0, 0.05) is 54.7 Å². The number of halogens is 1. The molecule has 1 saturated heterocycles. The number of ether oxygens (including phenoxy) is 1. The number of benzene rings is 2. The number of alkyl halides is 1. The number of nitrogens with one attached hydrogen (secondary N) is 1. The third kappa shape index (κ3) is 4.47. The fourth-order valence-electron chi connectivity index (χ4n) is 6.04. The van der Waals surface area contributed by atoms with E-state index in [9.17, 15) is 9.90 Å². The first kappa shape index (κ1) is 24.6. The van der Waals surface area contributed by atoms with E-state index in [0.717, 1.165) is 53.9 Å². The Hall–Kier alpha value is -2.10. The van der Waals surface area contributed by atoms with E-state index in [1.807, 2.05) is 18.2 Å². The molecule has 0 radical (unpaired) electrons. The van der Waals surface area contributed by atoms with Crippen LogP contribution in [0.2, 0.25) is 0 Å². The van der Waals surface area contributed by atoms with Crippen molar-refractivity contribution in [3.63, 3.8) is 0 Å². The van der Waals surface area contributed by atoms with Gasteiger partial charge in [-0.1, -0.05) is 47.7 Å². The minimum absolute atomic E-state index is 0.210. The SMILES string of the molecule is CC[C@]1(O)C[C@H]2CN(CCc3c([nH]c4ccc(N(C)c5ccccc5)cc34)[C@](I)(C(=O)OC)C2)C1. The van der Waals surface area contributed by atoms with Crippen molar-refractivity contribution in [2.24, 2.45) is 5.92 Å². The van der Waals surface area contributed by atoms with Crippen molar-refractivity contribution in [3.8, 4) is 0 Å². The monoisotopic (exact) mass is 587 g/mol. The van der Waals surface area contributed by atoms with Gasteiger partial charge >= 0.3 is 5.97 Å². The predicted molar refractivity (Wildman–Crippen MR) is 149 cm³/mol. The molecule has 35 heavy (non-hydrogen) atoms. The Morgan fingerprint density at radius 2 is 2.00 bits per heavy atom. The summed E-state index contributed by atoms with van der Waals surface area (Å²) in [5.74, 6) is -0.0200. The number of esters is 1. The molecular formula is C28H34IN3O3. The summed E-state index contributed by atoms with van der Waals surface area (Å²) >= 11 is 2.31. The van der Waals surface area contributed by atoms with Crippen LogP contribution in [0, 0.1) is 5.92 Å². The van der Waals surface area contributed by atoms with E-state index in [0.29, 0.717) is 19.4 Å². The van der Waals surface area contributed by atoms with Crippen molar-refractivity contribution in [3.05, 3.63) is 59.8 Å². The molecule has 0 amide bonds. The van der Waals surface area contributed by atoms with Gasteiger partial charge in [0.25, 0.3) is 0 Å². The van der Waals surface area contributed by atoms with Crippen LogP contribution in [0.25, 0.3) is 10.9 Å². The molecule has 7 heteroatoms. The van der Waals surface area contributed by atoms with Gasteiger partial charge in [0.2, 0.25) is 0 Å². The number of fused-ring (bicyclic) bond motifs is 5. The van der Waals surface area contributed by atoms with E-state index < -0.39 is 9.02 Å². The molecular weight excluding hydrogens is 553 g/mol. The topological polar surface area (TPSA) is 68.8 Å². The normalized spacial score (nSPS) is 28.5. The minimum atomic E-state index is -0.834. The number of para-hydroxylation sites is 1.